The molecule has 1 atom stereocenters. The molecule has 0 radical (unpaired) electrons. The topological polar surface area (TPSA) is 79.7 Å². The van der Waals surface area contributed by atoms with Gasteiger partial charge >= 0.3 is 0 Å². The molecule has 2 aliphatic carbocycles. The molecule has 2 fully saturated rings. The maximum Gasteiger partial charge on any atom is 0.252 e. The van der Waals surface area contributed by atoms with Crippen molar-refractivity contribution in [2.45, 2.75) is 109 Å². The highest BCUT2D eigenvalue weighted by molar-refractivity contribution is 5.79. The van der Waals surface area contributed by atoms with Gasteiger partial charge in [0.15, 0.2) is 5.82 Å². The third kappa shape index (κ3) is 4.81. The fraction of sp³-hybridized carbons (Fsp3) is 0.630. The van der Waals surface area contributed by atoms with Crippen molar-refractivity contribution in [3.63, 3.8) is 0 Å². The van der Waals surface area contributed by atoms with Gasteiger partial charge in [0.25, 0.3) is 5.56 Å². The molecular weight excluding hydrogens is 424 g/mol. The Bertz CT molecular complexity index is 1160. The van der Waals surface area contributed by atoms with Crippen LogP contribution in [-0.4, -0.2) is 36.1 Å². The van der Waals surface area contributed by atoms with E-state index in [9.17, 15) is 4.79 Å². The summed E-state index contributed by atoms with van der Waals surface area (Å²) >= 11 is 0. The number of H-pyrrole nitrogens is 1. The highest BCUT2D eigenvalue weighted by Gasteiger charge is 2.33. The molecule has 1 N–H and O–H groups in total. The minimum atomic E-state index is 0.0145. The molecule has 2 aliphatic rings. The Kier molecular flexibility index (Phi) is 7.09. The van der Waals surface area contributed by atoms with Crippen molar-refractivity contribution >= 4 is 10.9 Å². The molecule has 5 rings (SSSR count). The summed E-state index contributed by atoms with van der Waals surface area (Å²) in [5.74, 6) is 0.979. The van der Waals surface area contributed by atoms with E-state index in [1.165, 1.54) is 51.4 Å². The Morgan fingerprint density at radius 2 is 1.79 bits per heavy atom. The van der Waals surface area contributed by atoms with Crippen molar-refractivity contribution in [2.24, 2.45) is 0 Å². The van der Waals surface area contributed by atoms with Crippen LogP contribution in [0.1, 0.15) is 107 Å². The van der Waals surface area contributed by atoms with Crippen LogP contribution in [0, 0.1) is 6.92 Å². The number of aryl methyl sites for hydroxylation is 1. The van der Waals surface area contributed by atoms with Gasteiger partial charge in [0.05, 0.1) is 12.1 Å². The molecule has 2 saturated carbocycles. The van der Waals surface area contributed by atoms with Gasteiger partial charge in [-0.2, -0.15) is 0 Å². The van der Waals surface area contributed by atoms with Crippen LogP contribution in [0.4, 0.5) is 0 Å². The first-order valence-electron chi connectivity index (χ1n) is 13.3. The summed E-state index contributed by atoms with van der Waals surface area (Å²) in [7, 11) is 0. The zero-order valence-corrected chi connectivity index (χ0v) is 20.7. The fourth-order valence-corrected chi connectivity index (χ4v) is 6.15. The summed E-state index contributed by atoms with van der Waals surface area (Å²) in [6.07, 6.45) is 13.2. The maximum atomic E-state index is 13.1. The number of pyridine rings is 1. The second kappa shape index (κ2) is 10.4. The van der Waals surface area contributed by atoms with Crippen molar-refractivity contribution in [2.75, 3.05) is 0 Å². The summed E-state index contributed by atoms with van der Waals surface area (Å²) in [4.78, 5) is 18.8. The molecule has 7 nitrogen and oxygen atoms in total. The summed E-state index contributed by atoms with van der Waals surface area (Å²) in [5.41, 5.74) is 2.91. The number of nitrogens with one attached hydrogen (secondary N) is 1. The van der Waals surface area contributed by atoms with Gasteiger partial charge in [-0.25, -0.2) is 4.68 Å². The number of hydrogen-bond acceptors (Lipinski definition) is 5. The van der Waals surface area contributed by atoms with Crippen LogP contribution in [-0.2, 0) is 6.54 Å². The molecule has 7 heteroatoms. The summed E-state index contributed by atoms with van der Waals surface area (Å²) in [5, 5.41) is 14.3. The third-order valence-corrected chi connectivity index (χ3v) is 8.00. The minimum Gasteiger partial charge on any atom is -0.322 e. The molecule has 0 bridgehead atoms. The Labute approximate surface area is 201 Å². The van der Waals surface area contributed by atoms with E-state index >= 15 is 0 Å². The van der Waals surface area contributed by atoms with Crippen LogP contribution < -0.4 is 5.56 Å². The lowest BCUT2D eigenvalue weighted by Gasteiger charge is -2.39. The molecule has 1 aromatic carbocycles. The Balaban J connectivity index is 1.51. The molecule has 2 aromatic heterocycles. The smallest absolute Gasteiger partial charge is 0.252 e. The number of nitrogens with zero attached hydrogens (tertiary/aromatic N) is 5. The van der Waals surface area contributed by atoms with E-state index in [1.54, 1.807) is 0 Å². The van der Waals surface area contributed by atoms with E-state index < -0.39 is 0 Å². The quantitative estimate of drug-likeness (QED) is 0.493. The zero-order valence-electron chi connectivity index (χ0n) is 20.7. The van der Waals surface area contributed by atoms with E-state index in [2.05, 4.69) is 62.1 Å². The van der Waals surface area contributed by atoms with Gasteiger partial charge in [0.2, 0.25) is 0 Å². The number of benzene rings is 1. The number of tetrazole rings is 1. The second-order valence-corrected chi connectivity index (χ2v) is 10.4. The van der Waals surface area contributed by atoms with Crippen LogP contribution in [0.3, 0.4) is 0 Å². The molecule has 0 unspecified atom stereocenters. The standard InChI is InChI=1S/C27H38N6O/c1-3-25(26-29-30-31-33(26)23-12-8-5-9-13-23)32(22-10-6-4-7-11-22)18-21-17-20-15-14-19(2)16-24(20)28-27(21)34/h14-17,22-23,25H,3-13,18H2,1-2H3,(H,28,34)/t25-/m0/s1. The van der Waals surface area contributed by atoms with Gasteiger partial charge < -0.3 is 4.98 Å². The van der Waals surface area contributed by atoms with Gasteiger partial charge in [-0.15, -0.1) is 5.10 Å². The fourth-order valence-electron chi connectivity index (χ4n) is 6.15. The molecule has 0 amide bonds. The SMILES string of the molecule is CC[C@@H](c1nnnn1C1CCCCC1)N(Cc1cc2ccc(C)cc2[nH]c1=O)C1CCCCC1. The minimum absolute atomic E-state index is 0.0145. The lowest BCUT2D eigenvalue weighted by molar-refractivity contribution is 0.0821. The first-order chi connectivity index (χ1) is 16.6. The number of hydrogen-bond donors (Lipinski definition) is 1. The molecule has 2 heterocycles. The molecule has 34 heavy (non-hydrogen) atoms. The molecule has 0 spiro atoms. The van der Waals surface area contributed by atoms with Crippen molar-refractivity contribution < 1.29 is 0 Å². The zero-order chi connectivity index (χ0) is 23.5. The summed E-state index contributed by atoms with van der Waals surface area (Å²) < 4.78 is 2.12. The van der Waals surface area contributed by atoms with E-state index in [0.29, 0.717) is 18.6 Å². The Morgan fingerprint density at radius 1 is 1.06 bits per heavy atom. The third-order valence-electron chi connectivity index (χ3n) is 8.00. The van der Waals surface area contributed by atoms with Gasteiger partial charge in [0, 0.05) is 23.7 Å². The Morgan fingerprint density at radius 3 is 2.53 bits per heavy atom. The molecular formula is C27H38N6O. The largest absolute Gasteiger partial charge is 0.322 e. The van der Waals surface area contributed by atoms with Crippen LogP contribution in [0.5, 0.6) is 0 Å². The van der Waals surface area contributed by atoms with Gasteiger partial charge in [-0.05, 0) is 72.5 Å². The van der Waals surface area contributed by atoms with E-state index in [0.717, 1.165) is 47.1 Å². The van der Waals surface area contributed by atoms with Gasteiger partial charge in [-0.1, -0.05) is 57.6 Å². The summed E-state index contributed by atoms with van der Waals surface area (Å²) in [6.45, 7) is 4.91. The first-order valence-corrected chi connectivity index (χ1v) is 13.3. The van der Waals surface area contributed by atoms with Crippen LogP contribution >= 0.6 is 0 Å². The number of rotatable bonds is 7. The first kappa shape index (κ1) is 23.2. The maximum absolute atomic E-state index is 13.1. The normalized spacial score (nSPS) is 19.1. The Hall–Kier alpha value is -2.54. The van der Waals surface area contributed by atoms with Gasteiger partial charge in [0.1, 0.15) is 0 Å². The number of fused-ring (bicyclic) bond motifs is 1. The highest BCUT2D eigenvalue weighted by atomic mass is 16.1. The number of aromatic amines is 1. The van der Waals surface area contributed by atoms with Crippen LogP contribution in [0.2, 0.25) is 0 Å². The predicted octanol–water partition coefficient (Wildman–Crippen LogP) is 5.61. The average molecular weight is 463 g/mol. The van der Waals surface area contributed by atoms with Crippen molar-refractivity contribution in [3.05, 3.63) is 51.6 Å². The van der Waals surface area contributed by atoms with Crippen LogP contribution in [0.25, 0.3) is 10.9 Å². The number of aromatic nitrogens is 5. The average Bonchev–Trinajstić information content (AvgIpc) is 3.35. The predicted molar refractivity (Wildman–Crippen MR) is 135 cm³/mol. The highest BCUT2D eigenvalue weighted by Crippen LogP contribution is 2.35. The van der Waals surface area contributed by atoms with E-state index in [-0.39, 0.29) is 11.6 Å². The summed E-state index contributed by atoms with van der Waals surface area (Å²) in [6, 6.07) is 9.30. The lowest BCUT2D eigenvalue weighted by atomic mass is 9.91. The van der Waals surface area contributed by atoms with Crippen molar-refractivity contribution in [1.82, 2.24) is 30.1 Å². The van der Waals surface area contributed by atoms with Gasteiger partial charge in [-0.3, -0.25) is 9.69 Å². The van der Waals surface area contributed by atoms with E-state index in [4.69, 9.17) is 0 Å². The van der Waals surface area contributed by atoms with Crippen LogP contribution in [0.15, 0.2) is 29.1 Å². The molecule has 0 saturated heterocycles. The lowest BCUT2D eigenvalue weighted by Crippen LogP contribution is -2.41. The molecule has 182 valence electrons. The molecule has 0 aliphatic heterocycles. The van der Waals surface area contributed by atoms with Crippen molar-refractivity contribution in [3.8, 4) is 0 Å². The van der Waals surface area contributed by atoms with Crippen molar-refractivity contribution in [1.29, 1.82) is 0 Å². The van der Waals surface area contributed by atoms with E-state index in [1.807, 2.05) is 6.07 Å². The second-order valence-electron chi connectivity index (χ2n) is 10.4. The monoisotopic (exact) mass is 462 g/mol. The molecule has 3 aromatic rings.